The number of carbonyl (C=O) groups is 2. The topological polar surface area (TPSA) is 83.1 Å². The Bertz CT molecular complexity index is 1280. The molecule has 0 radical (unpaired) electrons. The van der Waals surface area contributed by atoms with Gasteiger partial charge in [-0.15, -0.1) is 0 Å². The second-order valence-electron chi connectivity index (χ2n) is 15.1. The molecule has 6 unspecified atom stereocenters. The third-order valence-corrected chi connectivity index (χ3v) is 10.2. The van der Waals surface area contributed by atoms with Gasteiger partial charge >= 0.3 is 12.1 Å². The molecule has 8 heteroatoms. The van der Waals surface area contributed by atoms with Gasteiger partial charge in [-0.25, -0.2) is 4.79 Å². The Balaban J connectivity index is 0.966. The van der Waals surface area contributed by atoms with Crippen LogP contribution in [-0.2, 0) is 14.3 Å². The number of likely N-dealkylation sites (tertiary alicyclic amines) is 2. The summed E-state index contributed by atoms with van der Waals surface area (Å²) in [4.78, 5) is 30.5. The van der Waals surface area contributed by atoms with Gasteiger partial charge < -0.3 is 20.1 Å². The third-order valence-electron chi connectivity index (χ3n) is 10.2. The number of piperidine rings is 1. The summed E-state index contributed by atoms with van der Waals surface area (Å²) in [6, 6.07) is 22.6. The highest BCUT2D eigenvalue weighted by atomic mass is 16.6. The molecule has 2 aliphatic heterocycles. The summed E-state index contributed by atoms with van der Waals surface area (Å²) >= 11 is 0. The van der Waals surface area contributed by atoms with Crippen LogP contribution in [0.15, 0.2) is 60.7 Å². The maximum absolute atomic E-state index is 13.3. The average Bonchev–Trinajstić information content (AvgIpc) is 3.96. The number of ether oxygens (including phenoxy) is 2. The maximum Gasteiger partial charge on any atom is 0.413 e. The van der Waals surface area contributed by atoms with Gasteiger partial charge in [0.05, 0.1) is 6.54 Å². The van der Waals surface area contributed by atoms with Crippen molar-refractivity contribution in [2.75, 3.05) is 39.3 Å². The molecular weight excluding hydrogens is 576 g/mol. The number of hydrogen-bond donors (Lipinski definition) is 2. The number of nitrogens with zero attached hydrogens (tertiary/aromatic N) is 2. The second-order valence-corrected chi connectivity index (χ2v) is 15.1. The standard InChI is InChI=1S/C38H54N4O4/c1-38(2,3)46-37(44)42-18-10-11-28(25-40-34-23-32(34)30-14-8-5-9-15-30)21-35(42)45-36(43)26-41-19-16-27(17-20-41)24-39-33-22-31(33)29-12-6-4-7-13-29/h4-9,12-15,27-28,31-35,39-40H,10-11,16-26H2,1-3H3. The molecule has 6 rings (SSSR count). The quantitative estimate of drug-likeness (QED) is 0.300. The lowest BCUT2D eigenvalue weighted by Crippen LogP contribution is -2.47. The fourth-order valence-corrected chi connectivity index (χ4v) is 7.39. The number of hydrogen-bond acceptors (Lipinski definition) is 7. The molecular formula is C38H54N4O4. The molecule has 2 aromatic carbocycles. The molecule has 2 saturated carbocycles. The zero-order valence-corrected chi connectivity index (χ0v) is 28.0. The van der Waals surface area contributed by atoms with Crippen LogP contribution in [0.1, 0.15) is 88.7 Å². The van der Waals surface area contributed by atoms with Gasteiger partial charge in [-0.3, -0.25) is 14.6 Å². The molecule has 0 spiro atoms. The smallest absolute Gasteiger partial charge is 0.413 e. The van der Waals surface area contributed by atoms with E-state index >= 15 is 0 Å². The van der Waals surface area contributed by atoms with E-state index in [1.165, 1.54) is 17.5 Å². The SMILES string of the molecule is CC(C)(C)OC(=O)N1CCCC(CNC2CC2c2ccccc2)CC1OC(=O)CN1CCC(CNC2CC2c2ccccc2)CC1. The molecule has 2 aromatic rings. The first kappa shape index (κ1) is 33.0. The molecule has 2 saturated heterocycles. The van der Waals surface area contributed by atoms with Crippen molar-refractivity contribution in [2.24, 2.45) is 11.8 Å². The van der Waals surface area contributed by atoms with Crippen LogP contribution in [0.5, 0.6) is 0 Å². The van der Waals surface area contributed by atoms with Crippen molar-refractivity contribution in [3.8, 4) is 0 Å². The van der Waals surface area contributed by atoms with Crippen LogP contribution in [0.2, 0.25) is 0 Å². The molecule has 0 aromatic heterocycles. The first-order valence-electron chi connectivity index (χ1n) is 17.7. The van der Waals surface area contributed by atoms with Gasteiger partial charge in [-0.2, -0.15) is 0 Å². The van der Waals surface area contributed by atoms with E-state index in [0.717, 1.165) is 58.3 Å². The van der Waals surface area contributed by atoms with E-state index in [-0.39, 0.29) is 12.5 Å². The molecule has 2 heterocycles. The highest BCUT2D eigenvalue weighted by Crippen LogP contribution is 2.41. The number of rotatable bonds is 11. The minimum atomic E-state index is -0.613. The largest absolute Gasteiger partial charge is 0.444 e. The van der Waals surface area contributed by atoms with Crippen LogP contribution in [0.3, 0.4) is 0 Å². The predicted octanol–water partition coefficient (Wildman–Crippen LogP) is 5.90. The van der Waals surface area contributed by atoms with Gasteiger partial charge in [0.25, 0.3) is 0 Å². The lowest BCUT2D eigenvalue weighted by molar-refractivity contribution is -0.160. The Morgan fingerprint density at radius 3 is 1.89 bits per heavy atom. The zero-order valence-electron chi connectivity index (χ0n) is 28.0. The normalized spacial score (nSPS) is 28.7. The first-order chi connectivity index (χ1) is 22.2. The van der Waals surface area contributed by atoms with Gasteiger partial charge in [-0.1, -0.05) is 60.7 Å². The predicted molar refractivity (Wildman–Crippen MR) is 181 cm³/mol. The van der Waals surface area contributed by atoms with E-state index in [1.807, 2.05) is 20.8 Å². The molecule has 250 valence electrons. The molecule has 4 aliphatic rings. The van der Waals surface area contributed by atoms with Gasteiger partial charge in [0, 0.05) is 36.9 Å². The van der Waals surface area contributed by atoms with E-state index in [9.17, 15) is 9.59 Å². The summed E-state index contributed by atoms with van der Waals surface area (Å²) in [5.74, 6) is 1.92. The van der Waals surface area contributed by atoms with E-state index in [1.54, 1.807) is 4.90 Å². The molecule has 4 fully saturated rings. The molecule has 6 atom stereocenters. The zero-order chi connectivity index (χ0) is 32.1. The first-order valence-corrected chi connectivity index (χ1v) is 17.7. The molecule has 2 aliphatic carbocycles. The fourth-order valence-electron chi connectivity index (χ4n) is 7.39. The van der Waals surface area contributed by atoms with Gasteiger partial charge in [0.2, 0.25) is 0 Å². The second kappa shape index (κ2) is 14.9. The molecule has 8 nitrogen and oxygen atoms in total. The van der Waals surface area contributed by atoms with Crippen molar-refractivity contribution in [2.45, 2.75) is 101 Å². The van der Waals surface area contributed by atoms with Gasteiger partial charge in [0.1, 0.15) is 5.60 Å². The molecule has 1 amide bonds. The van der Waals surface area contributed by atoms with Crippen molar-refractivity contribution >= 4 is 12.1 Å². The molecule has 46 heavy (non-hydrogen) atoms. The van der Waals surface area contributed by atoms with Crippen LogP contribution in [0, 0.1) is 11.8 Å². The molecule has 2 N–H and O–H groups in total. The van der Waals surface area contributed by atoms with Crippen LogP contribution < -0.4 is 10.6 Å². The van der Waals surface area contributed by atoms with Crippen molar-refractivity contribution < 1.29 is 19.1 Å². The van der Waals surface area contributed by atoms with Crippen molar-refractivity contribution in [3.05, 3.63) is 71.8 Å². The van der Waals surface area contributed by atoms with Crippen LogP contribution in [0.4, 0.5) is 4.79 Å². The van der Waals surface area contributed by atoms with E-state index in [4.69, 9.17) is 9.47 Å². The highest BCUT2D eigenvalue weighted by Gasteiger charge is 2.40. The summed E-state index contributed by atoms with van der Waals surface area (Å²) in [5, 5.41) is 7.57. The van der Waals surface area contributed by atoms with Gasteiger partial charge in [0.15, 0.2) is 6.23 Å². The van der Waals surface area contributed by atoms with Gasteiger partial charge in [-0.05, 0) is 108 Å². The Labute approximate surface area is 275 Å². The molecule has 0 bridgehead atoms. The Kier molecular flexibility index (Phi) is 10.7. The van der Waals surface area contributed by atoms with Crippen molar-refractivity contribution in [3.63, 3.8) is 0 Å². The minimum Gasteiger partial charge on any atom is -0.444 e. The number of nitrogens with one attached hydrogen (secondary N) is 2. The van der Waals surface area contributed by atoms with Crippen LogP contribution in [-0.4, -0.2) is 85.0 Å². The van der Waals surface area contributed by atoms with E-state index < -0.39 is 17.9 Å². The summed E-state index contributed by atoms with van der Waals surface area (Å²) in [6.45, 7) is 10.1. The lowest BCUT2D eigenvalue weighted by atomic mass is 9.96. The number of carbonyl (C=O) groups excluding carboxylic acids is 2. The number of amides is 1. The van der Waals surface area contributed by atoms with Crippen molar-refractivity contribution in [1.29, 1.82) is 0 Å². The summed E-state index contributed by atoms with van der Waals surface area (Å²) in [7, 11) is 0. The highest BCUT2D eigenvalue weighted by molar-refractivity contribution is 5.73. The average molecular weight is 631 g/mol. The number of esters is 1. The van der Waals surface area contributed by atoms with Crippen molar-refractivity contribution in [1.82, 2.24) is 20.4 Å². The van der Waals surface area contributed by atoms with E-state index in [2.05, 4.69) is 76.2 Å². The monoisotopic (exact) mass is 630 g/mol. The Morgan fingerprint density at radius 1 is 0.761 bits per heavy atom. The van der Waals surface area contributed by atoms with Crippen LogP contribution in [0.25, 0.3) is 0 Å². The Hall–Kier alpha value is -2.94. The third kappa shape index (κ3) is 9.33. The summed E-state index contributed by atoms with van der Waals surface area (Å²) in [6.07, 6.45) is 5.99. The summed E-state index contributed by atoms with van der Waals surface area (Å²) in [5.41, 5.74) is 2.22. The minimum absolute atomic E-state index is 0.251. The number of benzene rings is 2. The Morgan fingerprint density at radius 2 is 1.33 bits per heavy atom. The fraction of sp³-hybridized carbons (Fsp3) is 0.632. The maximum atomic E-state index is 13.3. The van der Waals surface area contributed by atoms with Crippen LogP contribution >= 0.6 is 0 Å². The summed E-state index contributed by atoms with van der Waals surface area (Å²) < 4.78 is 11.9. The van der Waals surface area contributed by atoms with E-state index in [0.29, 0.717) is 48.7 Å². The lowest BCUT2D eigenvalue weighted by Gasteiger charge is -2.34.